The SMILES string of the molecule is Cc1cccc(C(=O)CN(C)CC2CC3CCC2C3)c1. The van der Waals surface area contributed by atoms with E-state index in [0.717, 1.165) is 35.4 Å². The molecular weight excluding hydrogens is 246 g/mol. The van der Waals surface area contributed by atoms with Gasteiger partial charge in [-0.2, -0.15) is 0 Å². The lowest BCUT2D eigenvalue weighted by molar-refractivity contribution is 0.0929. The van der Waals surface area contributed by atoms with Gasteiger partial charge >= 0.3 is 0 Å². The van der Waals surface area contributed by atoms with Crippen LogP contribution in [0.1, 0.15) is 41.6 Å². The number of ketones is 1. The Bertz CT molecular complexity index is 496. The van der Waals surface area contributed by atoms with Crippen LogP contribution in [0.15, 0.2) is 24.3 Å². The molecule has 2 fully saturated rings. The maximum Gasteiger partial charge on any atom is 0.176 e. The van der Waals surface area contributed by atoms with E-state index in [-0.39, 0.29) is 5.78 Å². The molecular formula is C18H25NO. The lowest BCUT2D eigenvalue weighted by atomic mass is 9.88. The second kappa shape index (κ2) is 5.69. The van der Waals surface area contributed by atoms with E-state index < -0.39 is 0 Å². The number of hydrogen-bond donors (Lipinski definition) is 0. The van der Waals surface area contributed by atoms with Crippen molar-refractivity contribution in [1.82, 2.24) is 4.90 Å². The summed E-state index contributed by atoms with van der Waals surface area (Å²) < 4.78 is 0. The van der Waals surface area contributed by atoms with E-state index in [9.17, 15) is 4.79 Å². The van der Waals surface area contributed by atoms with E-state index in [1.807, 2.05) is 31.2 Å². The van der Waals surface area contributed by atoms with E-state index >= 15 is 0 Å². The summed E-state index contributed by atoms with van der Waals surface area (Å²) in [5.41, 5.74) is 2.01. The van der Waals surface area contributed by atoms with E-state index in [2.05, 4.69) is 11.9 Å². The molecule has 2 heteroatoms. The highest BCUT2D eigenvalue weighted by atomic mass is 16.1. The van der Waals surface area contributed by atoms with Crippen molar-refractivity contribution in [3.8, 4) is 0 Å². The monoisotopic (exact) mass is 271 g/mol. The normalized spacial score (nSPS) is 28.2. The number of carbonyl (C=O) groups excluding carboxylic acids is 1. The Morgan fingerprint density at radius 1 is 1.30 bits per heavy atom. The molecule has 0 spiro atoms. The third-order valence-corrected chi connectivity index (χ3v) is 5.18. The highest BCUT2D eigenvalue weighted by Gasteiger charge is 2.39. The molecule has 3 atom stereocenters. The van der Waals surface area contributed by atoms with E-state index in [1.165, 1.54) is 25.7 Å². The maximum atomic E-state index is 12.3. The molecule has 2 nitrogen and oxygen atoms in total. The number of rotatable bonds is 5. The van der Waals surface area contributed by atoms with Crippen LogP contribution < -0.4 is 0 Å². The van der Waals surface area contributed by atoms with Gasteiger partial charge in [0.1, 0.15) is 0 Å². The molecule has 0 N–H and O–H groups in total. The zero-order valence-corrected chi connectivity index (χ0v) is 12.6. The van der Waals surface area contributed by atoms with Gasteiger partial charge in [-0.1, -0.05) is 30.2 Å². The molecule has 0 amide bonds. The first-order chi connectivity index (χ1) is 9.61. The summed E-state index contributed by atoms with van der Waals surface area (Å²) in [6.07, 6.45) is 5.72. The van der Waals surface area contributed by atoms with Crippen molar-refractivity contribution in [2.24, 2.45) is 17.8 Å². The Morgan fingerprint density at radius 2 is 2.15 bits per heavy atom. The molecule has 1 aromatic rings. The number of benzene rings is 1. The van der Waals surface area contributed by atoms with Gasteiger partial charge in [0, 0.05) is 12.1 Å². The fourth-order valence-electron chi connectivity index (χ4n) is 4.22. The zero-order valence-electron chi connectivity index (χ0n) is 12.6. The number of likely N-dealkylation sites (N-methyl/N-ethyl adjacent to an activating group) is 1. The first kappa shape index (κ1) is 13.8. The third kappa shape index (κ3) is 2.95. The molecule has 0 heterocycles. The van der Waals surface area contributed by atoms with E-state index in [4.69, 9.17) is 0 Å². The minimum absolute atomic E-state index is 0.249. The van der Waals surface area contributed by atoms with Crippen molar-refractivity contribution in [2.45, 2.75) is 32.6 Å². The number of Topliss-reactive ketones (excluding diaryl/α,β-unsaturated/α-hetero) is 1. The Morgan fingerprint density at radius 3 is 2.80 bits per heavy atom. The number of nitrogens with zero attached hydrogens (tertiary/aromatic N) is 1. The van der Waals surface area contributed by atoms with Crippen LogP contribution >= 0.6 is 0 Å². The highest BCUT2D eigenvalue weighted by molar-refractivity contribution is 5.97. The van der Waals surface area contributed by atoms with Gasteiger partial charge in [-0.05, 0) is 57.1 Å². The van der Waals surface area contributed by atoms with Crippen LogP contribution in [0, 0.1) is 24.7 Å². The van der Waals surface area contributed by atoms with Gasteiger partial charge < -0.3 is 0 Å². The largest absolute Gasteiger partial charge is 0.299 e. The fourth-order valence-corrected chi connectivity index (χ4v) is 4.22. The lowest BCUT2D eigenvalue weighted by Crippen LogP contribution is -2.32. The van der Waals surface area contributed by atoms with Crippen molar-refractivity contribution < 1.29 is 4.79 Å². The van der Waals surface area contributed by atoms with Gasteiger partial charge in [-0.3, -0.25) is 9.69 Å². The predicted octanol–water partition coefficient (Wildman–Crippen LogP) is 3.55. The average molecular weight is 271 g/mol. The molecule has 3 unspecified atom stereocenters. The minimum atomic E-state index is 0.249. The van der Waals surface area contributed by atoms with Crippen LogP contribution in [-0.2, 0) is 0 Å². The number of hydrogen-bond acceptors (Lipinski definition) is 2. The van der Waals surface area contributed by atoms with Crippen LogP contribution in [0.2, 0.25) is 0 Å². The summed E-state index contributed by atoms with van der Waals surface area (Å²) in [6.45, 7) is 3.69. The van der Waals surface area contributed by atoms with Crippen LogP contribution in [-0.4, -0.2) is 30.8 Å². The minimum Gasteiger partial charge on any atom is -0.299 e. The van der Waals surface area contributed by atoms with E-state index in [0.29, 0.717) is 6.54 Å². The van der Waals surface area contributed by atoms with E-state index in [1.54, 1.807) is 0 Å². The van der Waals surface area contributed by atoms with Crippen LogP contribution in [0.25, 0.3) is 0 Å². The summed E-state index contributed by atoms with van der Waals surface area (Å²) in [5, 5.41) is 0. The fraction of sp³-hybridized carbons (Fsp3) is 0.611. The number of fused-ring (bicyclic) bond motifs is 2. The molecule has 2 aliphatic rings. The van der Waals surface area contributed by atoms with Gasteiger partial charge in [-0.15, -0.1) is 0 Å². The smallest absolute Gasteiger partial charge is 0.176 e. The highest BCUT2D eigenvalue weighted by Crippen LogP contribution is 2.48. The second-order valence-corrected chi connectivity index (χ2v) is 6.92. The average Bonchev–Trinajstić information content (AvgIpc) is 3.00. The predicted molar refractivity (Wildman–Crippen MR) is 81.9 cm³/mol. The van der Waals surface area contributed by atoms with Gasteiger partial charge in [0.2, 0.25) is 0 Å². The second-order valence-electron chi connectivity index (χ2n) is 6.92. The number of carbonyl (C=O) groups is 1. The summed E-state index contributed by atoms with van der Waals surface area (Å²) in [7, 11) is 2.10. The molecule has 0 saturated heterocycles. The van der Waals surface area contributed by atoms with Crippen molar-refractivity contribution >= 4 is 5.78 Å². The maximum absolute atomic E-state index is 12.3. The molecule has 3 rings (SSSR count). The quantitative estimate of drug-likeness (QED) is 0.763. The molecule has 2 bridgehead atoms. The summed E-state index contributed by atoms with van der Waals surface area (Å²) in [6, 6.07) is 7.93. The molecule has 0 aliphatic heterocycles. The molecule has 2 aliphatic carbocycles. The first-order valence-corrected chi connectivity index (χ1v) is 7.90. The van der Waals surface area contributed by atoms with Gasteiger partial charge in [0.25, 0.3) is 0 Å². The molecule has 0 radical (unpaired) electrons. The summed E-state index contributed by atoms with van der Waals surface area (Å²) >= 11 is 0. The zero-order chi connectivity index (χ0) is 14.1. The Balaban J connectivity index is 1.53. The van der Waals surface area contributed by atoms with Gasteiger partial charge in [0.15, 0.2) is 5.78 Å². The first-order valence-electron chi connectivity index (χ1n) is 7.90. The Kier molecular flexibility index (Phi) is 3.93. The lowest BCUT2D eigenvalue weighted by Gasteiger charge is -2.26. The summed E-state index contributed by atoms with van der Waals surface area (Å²) in [5.74, 6) is 3.02. The van der Waals surface area contributed by atoms with Crippen LogP contribution in [0.4, 0.5) is 0 Å². The molecule has 108 valence electrons. The Hall–Kier alpha value is -1.15. The van der Waals surface area contributed by atoms with Gasteiger partial charge in [0.05, 0.1) is 6.54 Å². The molecule has 2 saturated carbocycles. The van der Waals surface area contributed by atoms with Crippen LogP contribution in [0.3, 0.4) is 0 Å². The Labute approximate surface area is 122 Å². The molecule has 1 aromatic carbocycles. The van der Waals surface area contributed by atoms with Crippen molar-refractivity contribution in [2.75, 3.05) is 20.1 Å². The van der Waals surface area contributed by atoms with Crippen molar-refractivity contribution in [3.05, 3.63) is 35.4 Å². The summed E-state index contributed by atoms with van der Waals surface area (Å²) in [4.78, 5) is 14.5. The third-order valence-electron chi connectivity index (χ3n) is 5.18. The van der Waals surface area contributed by atoms with Crippen molar-refractivity contribution in [1.29, 1.82) is 0 Å². The van der Waals surface area contributed by atoms with Crippen molar-refractivity contribution in [3.63, 3.8) is 0 Å². The topological polar surface area (TPSA) is 20.3 Å². The molecule has 20 heavy (non-hydrogen) atoms. The number of aryl methyl sites for hydroxylation is 1. The van der Waals surface area contributed by atoms with Crippen LogP contribution in [0.5, 0.6) is 0 Å². The standard InChI is InChI=1S/C18H25NO/c1-13-4-3-5-16(8-13)18(20)12-19(2)11-17-10-14-6-7-15(17)9-14/h3-5,8,14-15,17H,6-7,9-12H2,1-2H3. The molecule has 0 aromatic heterocycles. The van der Waals surface area contributed by atoms with Gasteiger partial charge in [-0.25, -0.2) is 0 Å².